The lowest BCUT2D eigenvalue weighted by Gasteiger charge is -2.34. The molecular formula is C23H34N2O3. The fourth-order valence-corrected chi connectivity index (χ4v) is 4.29. The maximum Gasteiger partial charge on any atom is 0.230 e. The molecule has 1 aliphatic carbocycles. The van der Waals surface area contributed by atoms with Crippen LogP contribution in [-0.2, 0) is 16.1 Å². The Balaban J connectivity index is 1.41. The average molecular weight is 387 g/mol. The minimum atomic E-state index is -0.0623. The molecule has 0 radical (unpaired) electrons. The Bertz CT molecular complexity index is 647. The van der Waals surface area contributed by atoms with Crippen LogP contribution in [0.5, 0.6) is 5.75 Å². The van der Waals surface area contributed by atoms with Crippen LogP contribution in [0.4, 0.5) is 0 Å². The van der Waals surface area contributed by atoms with E-state index in [-0.39, 0.29) is 18.1 Å². The van der Waals surface area contributed by atoms with Crippen molar-refractivity contribution < 1.29 is 14.3 Å². The molecule has 0 atom stereocenters. The first-order valence-corrected chi connectivity index (χ1v) is 10.8. The second kappa shape index (κ2) is 10.6. The van der Waals surface area contributed by atoms with Gasteiger partial charge in [-0.25, -0.2) is 0 Å². The summed E-state index contributed by atoms with van der Waals surface area (Å²) in [6, 6.07) is 8.40. The van der Waals surface area contributed by atoms with Crippen LogP contribution in [0.15, 0.2) is 24.3 Å². The molecule has 28 heavy (non-hydrogen) atoms. The van der Waals surface area contributed by atoms with E-state index in [2.05, 4.69) is 23.1 Å². The van der Waals surface area contributed by atoms with Crippen molar-refractivity contribution in [1.82, 2.24) is 9.80 Å². The van der Waals surface area contributed by atoms with Crippen molar-refractivity contribution in [2.75, 3.05) is 32.8 Å². The predicted octanol–water partition coefficient (Wildman–Crippen LogP) is 3.66. The fourth-order valence-electron chi connectivity index (χ4n) is 4.29. The number of carbonyl (C=O) groups excluding carboxylic acids is 2. The lowest BCUT2D eigenvalue weighted by Crippen LogP contribution is -2.48. The van der Waals surface area contributed by atoms with Crippen LogP contribution in [0.1, 0.15) is 57.4 Å². The van der Waals surface area contributed by atoms with Crippen molar-refractivity contribution in [3.8, 4) is 5.75 Å². The van der Waals surface area contributed by atoms with E-state index in [0.717, 1.165) is 37.9 Å². The Labute approximate surface area is 169 Å². The van der Waals surface area contributed by atoms with Crippen LogP contribution < -0.4 is 4.74 Å². The maximum absolute atomic E-state index is 12.0. The van der Waals surface area contributed by atoms with E-state index < -0.39 is 0 Å². The zero-order valence-electron chi connectivity index (χ0n) is 17.2. The average Bonchev–Trinajstić information content (AvgIpc) is 2.69. The van der Waals surface area contributed by atoms with Gasteiger partial charge in [0.1, 0.15) is 11.5 Å². The first kappa shape index (κ1) is 20.8. The van der Waals surface area contributed by atoms with Crippen molar-refractivity contribution in [1.29, 1.82) is 0 Å². The molecule has 2 aliphatic rings. The lowest BCUT2D eigenvalue weighted by atomic mass is 9.87. The summed E-state index contributed by atoms with van der Waals surface area (Å²) in [6.45, 7) is 6.23. The highest BCUT2D eigenvalue weighted by Crippen LogP contribution is 2.26. The van der Waals surface area contributed by atoms with E-state index in [4.69, 9.17) is 4.74 Å². The summed E-state index contributed by atoms with van der Waals surface area (Å²) in [5.74, 6) is 1.70. The first-order valence-electron chi connectivity index (χ1n) is 10.8. The van der Waals surface area contributed by atoms with E-state index in [1.807, 2.05) is 11.0 Å². The quantitative estimate of drug-likeness (QED) is 0.640. The molecule has 0 bridgehead atoms. The molecule has 1 amide bonds. The van der Waals surface area contributed by atoms with Gasteiger partial charge in [-0.1, -0.05) is 44.2 Å². The monoisotopic (exact) mass is 386 g/mol. The number of piperazine rings is 1. The van der Waals surface area contributed by atoms with Gasteiger partial charge in [-0.05, 0) is 37.0 Å². The third kappa shape index (κ3) is 6.62. The molecule has 5 nitrogen and oxygen atoms in total. The van der Waals surface area contributed by atoms with Gasteiger partial charge in [0.05, 0.1) is 13.0 Å². The zero-order valence-corrected chi connectivity index (χ0v) is 17.2. The minimum absolute atomic E-state index is 0.0280. The summed E-state index contributed by atoms with van der Waals surface area (Å²) in [4.78, 5) is 27.3. The highest BCUT2D eigenvalue weighted by atomic mass is 16.5. The molecule has 1 heterocycles. The molecule has 2 fully saturated rings. The van der Waals surface area contributed by atoms with E-state index in [0.29, 0.717) is 13.1 Å². The third-order valence-corrected chi connectivity index (χ3v) is 5.95. The third-order valence-electron chi connectivity index (χ3n) is 5.95. The van der Waals surface area contributed by atoms with Gasteiger partial charge >= 0.3 is 0 Å². The van der Waals surface area contributed by atoms with Gasteiger partial charge in [-0.15, -0.1) is 0 Å². The molecule has 0 spiro atoms. The summed E-state index contributed by atoms with van der Waals surface area (Å²) in [5.41, 5.74) is 1.25. The summed E-state index contributed by atoms with van der Waals surface area (Å²) < 4.78 is 6.02. The van der Waals surface area contributed by atoms with Crippen LogP contribution in [0.25, 0.3) is 0 Å². The molecular weight excluding hydrogens is 352 g/mol. The zero-order chi connectivity index (χ0) is 19.8. The molecule has 0 unspecified atom stereocenters. The van der Waals surface area contributed by atoms with Crippen LogP contribution in [0.3, 0.4) is 0 Å². The Morgan fingerprint density at radius 2 is 1.82 bits per heavy atom. The number of carbonyl (C=O) groups is 2. The van der Waals surface area contributed by atoms with E-state index in [1.54, 1.807) is 0 Å². The second-order valence-electron chi connectivity index (χ2n) is 8.32. The largest absolute Gasteiger partial charge is 0.494 e. The second-order valence-corrected chi connectivity index (χ2v) is 8.32. The molecule has 1 aliphatic heterocycles. The van der Waals surface area contributed by atoms with Crippen LogP contribution in [0, 0.1) is 5.92 Å². The van der Waals surface area contributed by atoms with Crippen molar-refractivity contribution in [3.05, 3.63) is 29.8 Å². The van der Waals surface area contributed by atoms with Gasteiger partial charge in [0, 0.05) is 32.7 Å². The van der Waals surface area contributed by atoms with E-state index >= 15 is 0 Å². The lowest BCUT2D eigenvalue weighted by molar-refractivity contribution is -0.136. The van der Waals surface area contributed by atoms with Gasteiger partial charge in [-0.3, -0.25) is 14.5 Å². The first-order chi connectivity index (χ1) is 13.6. The molecule has 3 rings (SSSR count). The SMILES string of the molecule is CC(=O)CC(=O)N1CCN(Cc2cccc(OCCC3CCCCC3)c2)CC1. The molecule has 1 saturated carbocycles. The number of hydrogen-bond donors (Lipinski definition) is 0. The summed E-state index contributed by atoms with van der Waals surface area (Å²) in [7, 11) is 0. The highest BCUT2D eigenvalue weighted by molar-refractivity contribution is 5.96. The normalized spacial score (nSPS) is 18.8. The Kier molecular flexibility index (Phi) is 7.90. The number of ether oxygens (including phenoxy) is 1. The standard InChI is InChI=1S/C23H34N2O3/c1-19(26)16-23(27)25-13-11-24(12-14-25)18-21-8-5-9-22(17-21)28-15-10-20-6-3-2-4-7-20/h5,8-9,17,20H,2-4,6-7,10-16,18H2,1H3. The molecule has 5 heteroatoms. The van der Waals surface area contributed by atoms with Gasteiger partial charge in [-0.2, -0.15) is 0 Å². The molecule has 1 aromatic rings. The minimum Gasteiger partial charge on any atom is -0.494 e. The fraction of sp³-hybridized carbons (Fsp3) is 0.652. The Hall–Kier alpha value is -1.88. The molecule has 154 valence electrons. The number of ketones is 1. The van der Waals surface area contributed by atoms with E-state index in [9.17, 15) is 9.59 Å². The smallest absolute Gasteiger partial charge is 0.230 e. The van der Waals surface area contributed by atoms with Crippen molar-refractivity contribution in [2.45, 2.75) is 58.4 Å². The Morgan fingerprint density at radius 3 is 2.54 bits per heavy atom. The molecule has 1 aromatic carbocycles. The summed E-state index contributed by atoms with van der Waals surface area (Å²) in [6.07, 6.45) is 8.09. The Morgan fingerprint density at radius 1 is 1.07 bits per heavy atom. The number of amides is 1. The van der Waals surface area contributed by atoms with Gasteiger partial charge in [0.15, 0.2) is 0 Å². The summed E-state index contributed by atoms with van der Waals surface area (Å²) in [5, 5.41) is 0. The van der Waals surface area contributed by atoms with Crippen LogP contribution in [-0.4, -0.2) is 54.3 Å². The maximum atomic E-state index is 12.0. The predicted molar refractivity (Wildman–Crippen MR) is 110 cm³/mol. The number of hydrogen-bond acceptors (Lipinski definition) is 4. The summed E-state index contributed by atoms with van der Waals surface area (Å²) >= 11 is 0. The molecule has 1 saturated heterocycles. The van der Waals surface area contributed by atoms with Crippen molar-refractivity contribution in [2.24, 2.45) is 5.92 Å². The number of rotatable bonds is 8. The van der Waals surface area contributed by atoms with Gasteiger partial charge in [0.25, 0.3) is 0 Å². The van der Waals surface area contributed by atoms with Crippen LogP contribution in [0.2, 0.25) is 0 Å². The molecule has 0 aromatic heterocycles. The molecule has 0 N–H and O–H groups in total. The number of benzene rings is 1. The van der Waals surface area contributed by atoms with E-state index in [1.165, 1.54) is 51.0 Å². The van der Waals surface area contributed by atoms with Crippen molar-refractivity contribution >= 4 is 11.7 Å². The topological polar surface area (TPSA) is 49.9 Å². The van der Waals surface area contributed by atoms with Crippen LogP contribution >= 0.6 is 0 Å². The van der Waals surface area contributed by atoms with Crippen molar-refractivity contribution in [3.63, 3.8) is 0 Å². The van der Waals surface area contributed by atoms with Gasteiger partial charge in [0.2, 0.25) is 5.91 Å². The van der Waals surface area contributed by atoms with Gasteiger partial charge < -0.3 is 9.64 Å². The number of nitrogens with zero attached hydrogens (tertiary/aromatic N) is 2. The highest BCUT2D eigenvalue weighted by Gasteiger charge is 2.21. The number of Topliss-reactive ketones (excluding diaryl/α,β-unsaturated/α-hetero) is 1.